The SMILES string of the molecule is CCn1cnnc1CNc1ncc(C)cn1. The van der Waals surface area contributed by atoms with E-state index in [1.165, 1.54) is 0 Å². The molecule has 0 bridgehead atoms. The first-order valence-electron chi connectivity index (χ1n) is 5.19. The van der Waals surface area contributed by atoms with Crippen LogP contribution in [0.5, 0.6) is 0 Å². The zero-order valence-electron chi connectivity index (χ0n) is 9.38. The van der Waals surface area contributed by atoms with Crippen LogP contribution in [0.2, 0.25) is 0 Å². The molecule has 0 aliphatic heterocycles. The van der Waals surface area contributed by atoms with Gasteiger partial charge in [-0.2, -0.15) is 0 Å². The predicted octanol–water partition coefficient (Wildman–Crippen LogP) is 1.01. The van der Waals surface area contributed by atoms with Gasteiger partial charge in [0.25, 0.3) is 0 Å². The second-order valence-electron chi connectivity index (χ2n) is 3.47. The molecule has 0 unspecified atom stereocenters. The van der Waals surface area contributed by atoms with Crippen LogP contribution in [-0.2, 0) is 13.1 Å². The van der Waals surface area contributed by atoms with Crippen LogP contribution in [0.3, 0.4) is 0 Å². The van der Waals surface area contributed by atoms with E-state index in [1.54, 1.807) is 18.7 Å². The summed E-state index contributed by atoms with van der Waals surface area (Å²) in [6, 6.07) is 0. The summed E-state index contributed by atoms with van der Waals surface area (Å²) in [5, 5.41) is 11.0. The van der Waals surface area contributed by atoms with Crippen LogP contribution < -0.4 is 5.32 Å². The maximum atomic E-state index is 4.15. The molecule has 0 aliphatic carbocycles. The number of nitrogens with zero attached hydrogens (tertiary/aromatic N) is 5. The van der Waals surface area contributed by atoms with Gasteiger partial charge in [0.1, 0.15) is 6.33 Å². The van der Waals surface area contributed by atoms with Crippen LogP contribution >= 0.6 is 0 Å². The molecule has 0 atom stereocenters. The number of nitrogens with one attached hydrogen (secondary N) is 1. The summed E-state index contributed by atoms with van der Waals surface area (Å²) >= 11 is 0. The quantitative estimate of drug-likeness (QED) is 0.829. The van der Waals surface area contributed by atoms with E-state index in [-0.39, 0.29) is 0 Å². The molecule has 0 fully saturated rings. The lowest BCUT2D eigenvalue weighted by molar-refractivity contribution is 0.706. The van der Waals surface area contributed by atoms with Crippen molar-refractivity contribution in [2.45, 2.75) is 26.9 Å². The van der Waals surface area contributed by atoms with Crippen LogP contribution in [0.25, 0.3) is 0 Å². The molecule has 16 heavy (non-hydrogen) atoms. The van der Waals surface area contributed by atoms with E-state index in [1.807, 2.05) is 11.5 Å². The summed E-state index contributed by atoms with van der Waals surface area (Å²) in [6.45, 7) is 5.45. The summed E-state index contributed by atoms with van der Waals surface area (Å²) in [5.41, 5.74) is 1.04. The Labute approximate surface area is 93.8 Å². The molecule has 0 aromatic carbocycles. The number of hydrogen-bond acceptors (Lipinski definition) is 5. The molecule has 2 rings (SSSR count). The zero-order valence-corrected chi connectivity index (χ0v) is 9.38. The molecular formula is C10H14N6. The van der Waals surface area contributed by atoms with Gasteiger partial charge in [0.15, 0.2) is 5.82 Å². The Morgan fingerprint density at radius 2 is 2.06 bits per heavy atom. The van der Waals surface area contributed by atoms with Crippen molar-refractivity contribution in [2.24, 2.45) is 0 Å². The molecule has 0 saturated carbocycles. The van der Waals surface area contributed by atoms with Crippen molar-refractivity contribution in [1.82, 2.24) is 24.7 Å². The number of rotatable bonds is 4. The molecule has 0 radical (unpaired) electrons. The highest BCUT2D eigenvalue weighted by Gasteiger charge is 2.02. The fraction of sp³-hybridized carbons (Fsp3) is 0.400. The second kappa shape index (κ2) is 4.69. The van der Waals surface area contributed by atoms with Gasteiger partial charge in [-0.15, -0.1) is 10.2 Å². The standard InChI is InChI=1S/C10H14N6/c1-3-16-7-14-15-9(16)6-13-10-11-4-8(2)5-12-10/h4-5,7H,3,6H2,1-2H3,(H,11,12,13). The van der Waals surface area contributed by atoms with Crippen molar-refractivity contribution in [1.29, 1.82) is 0 Å². The molecule has 2 heterocycles. The lowest BCUT2D eigenvalue weighted by atomic mass is 10.4. The van der Waals surface area contributed by atoms with E-state index < -0.39 is 0 Å². The summed E-state index contributed by atoms with van der Waals surface area (Å²) in [4.78, 5) is 8.31. The Morgan fingerprint density at radius 3 is 2.75 bits per heavy atom. The third-order valence-electron chi connectivity index (χ3n) is 2.22. The Morgan fingerprint density at radius 1 is 1.31 bits per heavy atom. The fourth-order valence-corrected chi connectivity index (χ4v) is 1.32. The van der Waals surface area contributed by atoms with E-state index in [2.05, 4.69) is 32.4 Å². The first kappa shape index (κ1) is 10.5. The topological polar surface area (TPSA) is 68.5 Å². The second-order valence-corrected chi connectivity index (χ2v) is 3.47. The van der Waals surface area contributed by atoms with Gasteiger partial charge in [-0.05, 0) is 19.4 Å². The van der Waals surface area contributed by atoms with E-state index in [0.717, 1.165) is 17.9 Å². The first-order valence-corrected chi connectivity index (χ1v) is 5.19. The van der Waals surface area contributed by atoms with Crippen molar-refractivity contribution < 1.29 is 0 Å². The van der Waals surface area contributed by atoms with Gasteiger partial charge >= 0.3 is 0 Å². The molecular weight excluding hydrogens is 204 g/mol. The van der Waals surface area contributed by atoms with E-state index in [0.29, 0.717) is 12.5 Å². The molecule has 6 heteroatoms. The van der Waals surface area contributed by atoms with Crippen molar-refractivity contribution in [3.8, 4) is 0 Å². The molecule has 6 nitrogen and oxygen atoms in total. The third kappa shape index (κ3) is 2.33. The highest BCUT2D eigenvalue weighted by Crippen LogP contribution is 2.01. The molecule has 2 aromatic heterocycles. The molecule has 2 aromatic rings. The Balaban J connectivity index is 1.99. The minimum Gasteiger partial charge on any atom is -0.347 e. The normalized spacial score (nSPS) is 10.4. The maximum Gasteiger partial charge on any atom is 0.222 e. The molecule has 0 spiro atoms. The molecule has 0 saturated heterocycles. The largest absolute Gasteiger partial charge is 0.347 e. The number of hydrogen-bond donors (Lipinski definition) is 1. The average Bonchev–Trinajstić information content (AvgIpc) is 2.76. The smallest absolute Gasteiger partial charge is 0.222 e. The summed E-state index contributed by atoms with van der Waals surface area (Å²) in [5.74, 6) is 1.49. The monoisotopic (exact) mass is 218 g/mol. The summed E-state index contributed by atoms with van der Waals surface area (Å²) < 4.78 is 1.97. The minimum atomic E-state index is 0.580. The molecule has 84 valence electrons. The Kier molecular flexibility index (Phi) is 3.09. The van der Waals surface area contributed by atoms with Gasteiger partial charge in [0, 0.05) is 18.9 Å². The van der Waals surface area contributed by atoms with E-state index in [4.69, 9.17) is 0 Å². The highest BCUT2D eigenvalue weighted by atomic mass is 15.3. The number of anilines is 1. The van der Waals surface area contributed by atoms with E-state index >= 15 is 0 Å². The summed E-state index contributed by atoms with van der Waals surface area (Å²) in [6.07, 6.45) is 5.27. The minimum absolute atomic E-state index is 0.580. The Bertz CT molecular complexity index is 447. The number of aromatic nitrogens is 5. The van der Waals surface area contributed by atoms with Gasteiger partial charge in [0.2, 0.25) is 5.95 Å². The summed E-state index contributed by atoms with van der Waals surface area (Å²) in [7, 11) is 0. The lowest BCUT2D eigenvalue weighted by Gasteiger charge is -2.05. The zero-order chi connectivity index (χ0) is 11.4. The molecule has 1 N–H and O–H groups in total. The van der Waals surface area contributed by atoms with Gasteiger partial charge in [-0.1, -0.05) is 0 Å². The van der Waals surface area contributed by atoms with Gasteiger partial charge in [0.05, 0.1) is 6.54 Å². The van der Waals surface area contributed by atoms with Crippen molar-refractivity contribution in [3.05, 3.63) is 30.1 Å². The van der Waals surface area contributed by atoms with Crippen molar-refractivity contribution in [2.75, 3.05) is 5.32 Å². The van der Waals surface area contributed by atoms with Crippen molar-refractivity contribution >= 4 is 5.95 Å². The third-order valence-corrected chi connectivity index (χ3v) is 2.22. The predicted molar refractivity (Wildman–Crippen MR) is 59.8 cm³/mol. The molecule has 0 amide bonds. The van der Waals surface area contributed by atoms with Gasteiger partial charge < -0.3 is 9.88 Å². The Hall–Kier alpha value is -1.98. The van der Waals surface area contributed by atoms with Crippen LogP contribution in [0.1, 0.15) is 18.3 Å². The number of aryl methyl sites for hydroxylation is 2. The van der Waals surface area contributed by atoms with E-state index in [9.17, 15) is 0 Å². The maximum absolute atomic E-state index is 4.15. The molecule has 0 aliphatic rings. The highest BCUT2D eigenvalue weighted by molar-refractivity contribution is 5.24. The van der Waals surface area contributed by atoms with Crippen LogP contribution in [0.4, 0.5) is 5.95 Å². The van der Waals surface area contributed by atoms with Crippen LogP contribution in [-0.4, -0.2) is 24.7 Å². The van der Waals surface area contributed by atoms with Crippen LogP contribution in [0.15, 0.2) is 18.7 Å². The van der Waals surface area contributed by atoms with Gasteiger partial charge in [-0.3, -0.25) is 0 Å². The average molecular weight is 218 g/mol. The van der Waals surface area contributed by atoms with Gasteiger partial charge in [-0.25, -0.2) is 9.97 Å². The van der Waals surface area contributed by atoms with Crippen molar-refractivity contribution in [3.63, 3.8) is 0 Å². The fourth-order valence-electron chi connectivity index (χ4n) is 1.32. The lowest BCUT2D eigenvalue weighted by Crippen LogP contribution is -2.09. The van der Waals surface area contributed by atoms with Crippen LogP contribution in [0, 0.1) is 6.92 Å². The first-order chi connectivity index (χ1) is 7.79.